The summed E-state index contributed by atoms with van der Waals surface area (Å²) in [6, 6.07) is 5.87. The van der Waals surface area contributed by atoms with Crippen molar-refractivity contribution in [3.63, 3.8) is 0 Å². The third-order valence-electron chi connectivity index (χ3n) is 5.23. The molecule has 0 aromatic heterocycles. The number of aliphatic imine (C=N–C) groups is 1. The van der Waals surface area contributed by atoms with Gasteiger partial charge in [-0.25, -0.2) is 0 Å². The minimum absolute atomic E-state index is 0.198. The van der Waals surface area contributed by atoms with E-state index in [0.717, 1.165) is 37.0 Å². The van der Waals surface area contributed by atoms with Crippen LogP contribution in [-0.4, -0.2) is 58.2 Å². The van der Waals surface area contributed by atoms with E-state index in [-0.39, 0.29) is 11.3 Å². The van der Waals surface area contributed by atoms with Crippen molar-refractivity contribution in [2.75, 3.05) is 41.4 Å². The lowest BCUT2D eigenvalue weighted by molar-refractivity contribution is -0.138. The molecule has 0 unspecified atom stereocenters. The van der Waals surface area contributed by atoms with Crippen LogP contribution < -0.4 is 20.1 Å². The Hall–Kier alpha value is -2.44. The Balaban J connectivity index is 1.97. The van der Waals surface area contributed by atoms with Crippen LogP contribution in [0.25, 0.3) is 0 Å². The molecule has 2 N–H and O–H groups in total. The maximum Gasteiger partial charge on any atom is 0.230 e. The molecule has 1 saturated carbocycles. The van der Waals surface area contributed by atoms with Crippen molar-refractivity contribution in [3.05, 3.63) is 23.8 Å². The predicted molar refractivity (Wildman–Crippen MR) is 112 cm³/mol. The summed E-state index contributed by atoms with van der Waals surface area (Å²) >= 11 is 0. The molecule has 0 spiro atoms. The van der Waals surface area contributed by atoms with Crippen LogP contribution >= 0.6 is 0 Å². The number of nitrogens with zero attached hydrogens (tertiary/aromatic N) is 2. The van der Waals surface area contributed by atoms with E-state index in [1.165, 1.54) is 0 Å². The van der Waals surface area contributed by atoms with Gasteiger partial charge in [-0.15, -0.1) is 0 Å². The number of carbonyl (C=O) groups excluding carboxylic acids is 1. The quantitative estimate of drug-likeness (QED) is 0.527. The lowest BCUT2D eigenvalue weighted by Crippen LogP contribution is -2.49. The number of hydrogen-bond donors (Lipinski definition) is 2. The van der Waals surface area contributed by atoms with Crippen LogP contribution in [0, 0.1) is 5.41 Å². The van der Waals surface area contributed by atoms with Gasteiger partial charge in [-0.1, -0.05) is 18.9 Å². The molecule has 0 atom stereocenters. The van der Waals surface area contributed by atoms with E-state index >= 15 is 0 Å². The van der Waals surface area contributed by atoms with E-state index in [1.54, 1.807) is 19.1 Å². The first-order valence-corrected chi connectivity index (χ1v) is 9.91. The molecular formula is C21H34N4O3. The highest BCUT2D eigenvalue weighted by Gasteiger charge is 2.42. The molecule has 156 valence electrons. The van der Waals surface area contributed by atoms with E-state index in [0.29, 0.717) is 31.4 Å². The van der Waals surface area contributed by atoms with Crippen LogP contribution in [0.3, 0.4) is 0 Å². The SMILES string of the molecule is CCOc1ccc(CNC(=NC)NCC2(C(=O)N(C)C)CCCC2)cc1OC. The second-order valence-corrected chi connectivity index (χ2v) is 7.38. The van der Waals surface area contributed by atoms with Crippen LogP contribution in [0.4, 0.5) is 0 Å². The number of hydrogen-bond acceptors (Lipinski definition) is 4. The first-order valence-electron chi connectivity index (χ1n) is 9.91. The molecule has 1 aromatic carbocycles. The van der Waals surface area contributed by atoms with E-state index < -0.39 is 0 Å². The van der Waals surface area contributed by atoms with Crippen molar-refractivity contribution in [2.45, 2.75) is 39.2 Å². The Morgan fingerprint density at radius 3 is 2.50 bits per heavy atom. The Labute approximate surface area is 168 Å². The summed E-state index contributed by atoms with van der Waals surface area (Å²) in [6.45, 7) is 3.73. The summed E-state index contributed by atoms with van der Waals surface area (Å²) in [5.74, 6) is 2.34. The summed E-state index contributed by atoms with van der Waals surface area (Å²) in [4.78, 5) is 18.7. The number of methoxy groups -OCH3 is 1. The zero-order valence-electron chi connectivity index (χ0n) is 17.8. The number of nitrogens with one attached hydrogen (secondary N) is 2. The Bertz CT molecular complexity index is 682. The number of rotatable bonds is 8. The fourth-order valence-corrected chi connectivity index (χ4v) is 3.75. The summed E-state index contributed by atoms with van der Waals surface area (Å²) < 4.78 is 11.0. The molecule has 28 heavy (non-hydrogen) atoms. The normalized spacial score (nSPS) is 15.8. The van der Waals surface area contributed by atoms with Crippen molar-refractivity contribution >= 4 is 11.9 Å². The van der Waals surface area contributed by atoms with E-state index in [9.17, 15) is 4.79 Å². The van der Waals surface area contributed by atoms with E-state index in [2.05, 4.69) is 15.6 Å². The first kappa shape index (κ1) is 21.9. The highest BCUT2D eigenvalue weighted by molar-refractivity contribution is 5.85. The highest BCUT2D eigenvalue weighted by Crippen LogP contribution is 2.38. The summed E-state index contributed by atoms with van der Waals surface area (Å²) in [7, 11) is 7.03. The maximum atomic E-state index is 12.7. The molecule has 1 fully saturated rings. The topological polar surface area (TPSA) is 75.2 Å². The van der Waals surface area contributed by atoms with Crippen LogP contribution in [-0.2, 0) is 11.3 Å². The number of amides is 1. The Morgan fingerprint density at radius 2 is 1.93 bits per heavy atom. The second-order valence-electron chi connectivity index (χ2n) is 7.38. The molecule has 1 aliphatic carbocycles. The number of carbonyl (C=O) groups is 1. The third-order valence-corrected chi connectivity index (χ3v) is 5.23. The van der Waals surface area contributed by atoms with E-state index in [4.69, 9.17) is 9.47 Å². The van der Waals surface area contributed by atoms with Crippen molar-refractivity contribution in [3.8, 4) is 11.5 Å². The zero-order valence-corrected chi connectivity index (χ0v) is 17.8. The number of guanidine groups is 1. The van der Waals surface area contributed by atoms with Crippen LogP contribution in [0.1, 0.15) is 38.2 Å². The monoisotopic (exact) mass is 390 g/mol. The molecule has 7 nitrogen and oxygen atoms in total. The summed E-state index contributed by atoms with van der Waals surface area (Å²) in [6.07, 6.45) is 4.03. The van der Waals surface area contributed by atoms with Gasteiger partial charge in [-0.05, 0) is 37.5 Å². The predicted octanol–water partition coefficient (Wildman–Crippen LogP) is 2.41. The van der Waals surface area contributed by atoms with Crippen molar-refractivity contribution in [2.24, 2.45) is 10.4 Å². The van der Waals surface area contributed by atoms with Crippen molar-refractivity contribution in [1.29, 1.82) is 0 Å². The van der Waals surface area contributed by atoms with Gasteiger partial charge >= 0.3 is 0 Å². The lowest BCUT2D eigenvalue weighted by atomic mass is 9.84. The molecule has 2 rings (SSSR count). The number of benzene rings is 1. The third kappa shape index (κ3) is 5.30. The van der Waals surface area contributed by atoms with Crippen LogP contribution in [0.15, 0.2) is 23.2 Å². The molecule has 0 saturated heterocycles. The lowest BCUT2D eigenvalue weighted by Gasteiger charge is -2.31. The van der Waals surface area contributed by atoms with Gasteiger partial charge < -0.3 is 25.0 Å². The van der Waals surface area contributed by atoms with Gasteiger partial charge in [-0.3, -0.25) is 9.79 Å². The first-order chi connectivity index (χ1) is 13.5. The molecule has 0 bridgehead atoms. The average molecular weight is 391 g/mol. The van der Waals surface area contributed by atoms with Gasteiger partial charge in [0.15, 0.2) is 17.5 Å². The van der Waals surface area contributed by atoms with Gasteiger partial charge in [0, 0.05) is 34.2 Å². The molecule has 1 aliphatic rings. The van der Waals surface area contributed by atoms with Gasteiger partial charge in [-0.2, -0.15) is 0 Å². The fraction of sp³-hybridized carbons (Fsp3) is 0.619. The summed E-state index contributed by atoms with van der Waals surface area (Å²) in [5.41, 5.74) is 0.729. The Kier molecular flexibility index (Phi) is 7.96. The maximum absolute atomic E-state index is 12.7. The number of ether oxygens (including phenoxy) is 2. The molecule has 7 heteroatoms. The molecule has 0 radical (unpaired) electrons. The van der Waals surface area contributed by atoms with Crippen LogP contribution in [0.5, 0.6) is 11.5 Å². The van der Waals surface area contributed by atoms with Gasteiger partial charge in [0.05, 0.1) is 19.1 Å². The molecule has 1 aromatic rings. The smallest absolute Gasteiger partial charge is 0.230 e. The minimum Gasteiger partial charge on any atom is -0.493 e. The largest absolute Gasteiger partial charge is 0.493 e. The van der Waals surface area contributed by atoms with Gasteiger partial charge in [0.1, 0.15) is 0 Å². The minimum atomic E-state index is -0.330. The Morgan fingerprint density at radius 1 is 1.21 bits per heavy atom. The van der Waals surface area contributed by atoms with Crippen molar-refractivity contribution in [1.82, 2.24) is 15.5 Å². The second kappa shape index (κ2) is 10.2. The molecule has 1 amide bonds. The highest BCUT2D eigenvalue weighted by atomic mass is 16.5. The van der Waals surface area contributed by atoms with Gasteiger partial charge in [0.2, 0.25) is 5.91 Å². The zero-order chi connectivity index (χ0) is 20.6. The van der Waals surface area contributed by atoms with Crippen molar-refractivity contribution < 1.29 is 14.3 Å². The van der Waals surface area contributed by atoms with Gasteiger partial charge in [0.25, 0.3) is 0 Å². The molecule has 0 heterocycles. The summed E-state index contributed by atoms with van der Waals surface area (Å²) in [5, 5.41) is 6.67. The standard InChI is InChI=1S/C21H34N4O3/c1-6-28-17-10-9-16(13-18(17)27-5)14-23-20(22-2)24-15-21(11-7-8-12-21)19(26)25(3)4/h9-10,13H,6-8,11-12,14-15H2,1-5H3,(H2,22,23,24). The van der Waals surface area contributed by atoms with E-state index in [1.807, 2.05) is 39.2 Å². The average Bonchev–Trinajstić information content (AvgIpc) is 3.18. The molecule has 0 aliphatic heterocycles. The molecular weight excluding hydrogens is 356 g/mol. The fourth-order valence-electron chi connectivity index (χ4n) is 3.75. The van der Waals surface area contributed by atoms with Crippen LogP contribution in [0.2, 0.25) is 0 Å².